The lowest BCUT2D eigenvalue weighted by Crippen LogP contribution is -2.19. The quantitative estimate of drug-likeness (QED) is 0.315. The van der Waals surface area contributed by atoms with Crippen molar-refractivity contribution in [3.8, 4) is 11.5 Å². The Kier molecular flexibility index (Phi) is 6.86. The van der Waals surface area contributed by atoms with Crippen LogP contribution in [-0.4, -0.2) is 19.2 Å². The zero-order chi connectivity index (χ0) is 20.6. The van der Waals surface area contributed by atoms with Crippen LogP contribution in [0.2, 0.25) is 0 Å². The molecular formula is C22H20BrN3O3. The number of carbonyl (C=O) groups excluding carboxylic acids is 1. The molecule has 0 aliphatic carbocycles. The summed E-state index contributed by atoms with van der Waals surface area (Å²) >= 11 is 3.51. The second kappa shape index (κ2) is 9.75. The zero-order valence-electron chi connectivity index (χ0n) is 15.8. The van der Waals surface area contributed by atoms with E-state index in [2.05, 4.69) is 26.5 Å². The Bertz CT molecular complexity index is 1020. The number of nitrogens with zero attached hydrogens (tertiary/aromatic N) is 1. The first-order valence-electron chi connectivity index (χ1n) is 8.80. The van der Waals surface area contributed by atoms with E-state index in [1.807, 2.05) is 36.4 Å². The summed E-state index contributed by atoms with van der Waals surface area (Å²) < 4.78 is 12.1. The molecule has 3 aromatic rings. The van der Waals surface area contributed by atoms with Gasteiger partial charge in [-0.3, -0.25) is 4.79 Å². The van der Waals surface area contributed by atoms with Crippen LogP contribution in [0.4, 0.5) is 5.69 Å². The van der Waals surface area contributed by atoms with Crippen molar-refractivity contribution < 1.29 is 14.3 Å². The summed E-state index contributed by atoms with van der Waals surface area (Å²) in [5, 5.41) is 4.00. The van der Waals surface area contributed by atoms with Crippen LogP contribution in [0, 0.1) is 0 Å². The maximum atomic E-state index is 12.2. The lowest BCUT2D eigenvalue weighted by molar-refractivity contribution is 0.0956. The van der Waals surface area contributed by atoms with Crippen LogP contribution in [0.1, 0.15) is 21.5 Å². The third-order valence-electron chi connectivity index (χ3n) is 4.06. The normalized spacial score (nSPS) is 10.7. The van der Waals surface area contributed by atoms with Crippen molar-refractivity contribution in [3.05, 3.63) is 87.9 Å². The summed E-state index contributed by atoms with van der Waals surface area (Å²) in [5.74, 6) is 0.762. The largest absolute Gasteiger partial charge is 0.493 e. The van der Waals surface area contributed by atoms with Gasteiger partial charge in [0.05, 0.1) is 23.4 Å². The van der Waals surface area contributed by atoms with Crippen LogP contribution in [0.15, 0.2) is 76.3 Å². The molecule has 3 rings (SSSR count). The second-order valence-electron chi connectivity index (χ2n) is 6.09. The Morgan fingerprint density at radius 2 is 1.86 bits per heavy atom. The fourth-order valence-electron chi connectivity index (χ4n) is 2.61. The molecule has 0 spiro atoms. The summed E-state index contributed by atoms with van der Waals surface area (Å²) in [6.07, 6.45) is 1.52. The molecule has 0 atom stereocenters. The van der Waals surface area contributed by atoms with Crippen molar-refractivity contribution >= 4 is 33.7 Å². The van der Waals surface area contributed by atoms with E-state index in [9.17, 15) is 4.79 Å². The molecule has 6 nitrogen and oxygen atoms in total. The van der Waals surface area contributed by atoms with Crippen molar-refractivity contribution in [2.75, 3.05) is 12.8 Å². The van der Waals surface area contributed by atoms with Crippen LogP contribution in [0.5, 0.6) is 11.5 Å². The Morgan fingerprint density at radius 3 is 2.59 bits per heavy atom. The fraction of sp³-hybridized carbons (Fsp3) is 0.0909. The first-order chi connectivity index (χ1) is 14.1. The molecule has 0 radical (unpaired) electrons. The van der Waals surface area contributed by atoms with E-state index in [1.165, 1.54) is 6.21 Å². The number of halogens is 1. The SMILES string of the molecule is COc1cc(/C=N\NC(=O)c2ccccc2N)cc(Br)c1OCc1ccccc1. The number of nitrogens with two attached hydrogens (primary N) is 1. The average Bonchev–Trinajstić information content (AvgIpc) is 2.73. The molecule has 3 N–H and O–H groups in total. The van der Waals surface area contributed by atoms with Gasteiger partial charge in [-0.05, 0) is 51.3 Å². The first kappa shape index (κ1) is 20.4. The van der Waals surface area contributed by atoms with E-state index < -0.39 is 0 Å². The highest BCUT2D eigenvalue weighted by Crippen LogP contribution is 2.36. The fourth-order valence-corrected chi connectivity index (χ4v) is 3.19. The summed E-state index contributed by atoms with van der Waals surface area (Å²) in [6, 6.07) is 20.3. The number of hydrogen-bond acceptors (Lipinski definition) is 5. The lowest BCUT2D eigenvalue weighted by atomic mass is 10.2. The van der Waals surface area contributed by atoms with Crippen LogP contribution in [0.25, 0.3) is 0 Å². The number of hydrogen-bond donors (Lipinski definition) is 2. The second-order valence-corrected chi connectivity index (χ2v) is 6.95. The van der Waals surface area contributed by atoms with Crippen molar-refractivity contribution in [2.45, 2.75) is 6.61 Å². The molecule has 0 aromatic heterocycles. The van der Waals surface area contributed by atoms with Gasteiger partial charge in [0.2, 0.25) is 0 Å². The van der Waals surface area contributed by atoms with E-state index >= 15 is 0 Å². The van der Waals surface area contributed by atoms with Crippen LogP contribution < -0.4 is 20.6 Å². The molecule has 0 aliphatic rings. The van der Waals surface area contributed by atoms with Gasteiger partial charge in [-0.15, -0.1) is 0 Å². The third-order valence-corrected chi connectivity index (χ3v) is 4.65. The number of anilines is 1. The topological polar surface area (TPSA) is 85.9 Å². The molecule has 3 aromatic carbocycles. The molecule has 0 saturated heterocycles. The van der Waals surface area contributed by atoms with Gasteiger partial charge < -0.3 is 15.2 Å². The maximum absolute atomic E-state index is 12.2. The number of benzene rings is 3. The number of methoxy groups -OCH3 is 1. The average molecular weight is 454 g/mol. The highest BCUT2D eigenvalue weighted by molar-refractivity contribution is 9.10. The number of para-hydroxylation sites is 1. The van der Waals surface area contributed by atoms with Gasteiger partial charge in [0.15, 0.2) is 11.5 Å². The van der Waals surface area contributed by atoms with Gasteiger partial charge in [0.25, 0.3) is 5.91 Å². The molecule has 1 amide bonds. The molecular weight excluding hydrogens is 434 g/mol. The Hall–Kier alpha value is -3.32. The van der Waals surface area contributed by atoms with Crippen LogP contribution in [-0.2, 0) is 6.61 Å². The highest BCUT2D eigenvalue weighted by atomic mass is 79.9. The summed E-state index contributed by atoms with van der Waals surface area (Å²) in [4.78, 5) is 12.2. The number of ether oxygens (including phenoxy) is 2. The molecule has 7 heteroatoms. The number of carbonyl (C=O) groups is 1. The lowest BCUT2D eigenvalue weighted by Gasteiger charge is -2.13. The Morgan fingerprint density at radius 1 is 1.14 bits per heavy atom. The zero-order valence-corrected chi connectivity index (χ0v) is 17.3. The third kappa shape index (κ3) is 5.36. The van der Waals surface area contributed by atoms with Crippen molar-refractivity contribution in [1.82, 2.24) is 5.43 Å². The van der Waals surface area contributed by atoms with Crippen molar-refractivity contribution in [3.63, 3.8) is 0 Å². The molecule has 0 bridgehead atoms. The minimum Gasteiger partial charge on any atom is -0.493 e. The van der Waals surface area contributed by atoms with Gasteiger partial charge in [-0.2, -0.15) is 5.10 Å². The Labute approximate surface area is 177 Å². The number of nitrogens with one attached hydrogen (secondary N) is 1. The molecule has 0 fully saturated rings. The van der Waals surface area contributed by atoms with Gasteiger partial charge in [-0.25, -0.2) is 5.43 Å². The highest BCUT2D eigenvalue weighted by Gasteiger charge is 2.12. The minimum absolute atomic E-state index is 0.369. The van der Waals surface area contributed by atoms with E-state index in [4.69, 9.17) is 15.2 Å². The number of nitrogen functional groups attached to an aromatic ring is 1. The minimum atomic E-state index is -0.381. The van der Waals surface area contributed by atoms with Crippen molar-refractivity contribution in [2.24, 2.45) is 5.10 Å². The molecule has 0 heterocycles. The predicted octanol–water partition coefficient (Wildman–Crippen LogP) is 4.38. The van der Waals surface area contributed by atoms with E-state index in [0.717, 1.165) is 11.1 Å². The number of hydrazone groups is 1. The Balaban J connectivity index is 1.70. The summed E-state index contributed by atoms with van der Waals surface area (Å²) in [7, 11) is 1.57. The molecule has 0 aliphatic heterocycles. The predicted molar refractivity (Wildman–Crippen MR) is 117 cm³/mol. The van der Waals surface area contributed by atoms with Crippen LogP contribution in [0.3, 0.4) is 0 Å². The molecule has 148 valence electrons. The van der Waals surface area contributed by atoms with Gasteiger partial charge in [-0.1, -0.05) is 42.5 Å². The molecule has 0 saturated carbocycles. The number of amides is 1. The first-order valence-corrected chi connectivity index (χ1v) is 9.60. The summed E-state index contributed by atoms with van der Waals surface area (Å²) in [6.45, 7) is 0.414. The number of rotatable bonds is 7. The van der Waals surface area contributed by atoms with Gasteiger partial charge >= 0.3 is 0 Å². The molecule has 0 unspecified atom stereocenters. The van der Waals surface area contributed by atoms with Gasteiger partial charge in [0.1, 0.15) is 6.61 Å². The monoisotopic (exact) mass is 453 g/mol. The molecule has 29 heavy (non-hydrogen) atoms. The smallest absolute Gasteiger partial charge is 0.273 e. The standard InChI is InChI=1S/C22H20BrN3O3/c1-28-20-12-16(13-25-26-22(27)17-9-5-6-10-19(17)24)11-18(23)21(20)29-14-15-7-3-2-4-8-15/h2-13H,14,24H2,1H3,(H,26,27)/b25-13-. The summed E-state index contributed by atoms with van der Waals surface area (Å²) in [5.41, 5.74) is 10.8. The van der Waals surface area contributed by atoms with Crippen molar-refractivity contribution in [1.29, 1.82) is 0 Å². The maximum Gasteiger partial charge on any atom is 0.273 e. The van der Waals surface area contributed by atoms with E-state index in [1.54, 1.807) is 37.4 Å². The van der Waals surface area contributed by atoms with E-state index in [-0.39, 0.29) is 5.91 Å². The van der Waals surface area contributed by atoms with E-state index in [0.29, 0.717) is 33.8 Å². The van der Waals surface area contributed by atoms with Crippen LogP contribution >= 0.6 is 15.9 Å². The van der Waals surface area contributed by atoms with Gasteiger partial charge in [0, 0.05) is 5.69 Å².